The number of aryl methyl sites for hydroxylation is 1. The Kier molecular flexibility index (Phi) is 3.17. The van der Waals surface area contributed by atoms with Gasteiger partial charge in [0.05, 0.1) is 11.7 Å². The number of rotatable bonds is 2. The highest BCUT2D eigenvalue weighted by Gasteiger charge is 2.21. The molecule has 1 aliphatic rings. The Morgan fingerprint density at radius 1 is 1.35 bits per heavy atom. The van der Waals surface area contributed by atoms with E-state index < -0.39 is 0 Å². The fraction of sp³-hybridized carbons (Fsp3) is 0.600. The van der Waals surface area contributed by atoms with Crippen molar-refractivity contribution in [3.8, 4) is 0 Å². The molecule has 5 nitrogen and oxygen atoms in total. The molecule has 0 amide bonds. The molecule has 2 N–H and O–H groups in total. The van der Waals surface area contributed by atoms with Crippen LogP contribution < -0.4 is 10.6 Å². The molecule has 0 bridgehead atoms. The van der Waals surface area contributed by atoms with Crippen LogP contribution in [-0.2, 0) is 0 Å². The van der Waals surface area contributed by atoms with Crippen molar-refractivity contribution in [2.45, 2.75) is 52.1 Å². The van der Waals surface area contributed by atoms with Gasteiger partial charge in [0.1, 0.15) is 5.82 Å². The van der Waals surface area contributed by atoms with Gasteiger partial charge in [0.2, 0.25) is 0 Å². The van der Waals surface area contributed by atoms with Crippen LogP contribution in [0.15, 0.2) is 12.1 Å². The molecular weight excluding hydrogens is 250 g/mol. The van der Waals surface area contributed by atoms with Gasteiger partial charge >= 0.3 is 0 Å². The maximum absolute atomic E-state index is 4.75. The Morgan fingerprint density at radius 3 is 2.80 bits per heavy atom. The van der Waals surface area contributed by atoms with Crippen LogP contribution >= 0.6 is 0 Å². The molecule has 1 saturated heterocycles. The van der Waals surface area contributed by atoms with Crippen LogP contribution in [0.25, 0.3) is 5.65 Å². The van der Waals surface area contributed by atoms with Crippen molar-refractivity contribution in [3.05, 3.63) is 23.5 Å². The summed E-state index contributed by atoms with van der Waals surface area (Å²) in [5.41, 5.74) is 3.02. The van der Waals surface area contributed by atoms with E-state index in [-0.39, 0.29) is 5.54 Å². The number of nitrogens with one attached hydrogen (secondary N) is 2. The van der Waals surface area contributed by atoms with E-state index >= 15 is 0 Å². The molecule has 0 aromatic carbocycles. The van der Waals surface area contributed by atoms with Crippen molar-refractivity contribution in [1.82, 2.24) is 19.9 Å². The van der Waals surface area contributed by atoms with Crippen molar-refractivity contribution in [2.24, 2.45) is 0 Å². The number of hydrogen-bond donors (Lipinski definition) is 2. The number of anilines is 1. The van der Waals surface area contributed by atoms with Gasteiger partial charge in [-0.05, 0) is 47.1 Å². The molecule has 3 rings (SSSR count). The zero-order chi connectivity index (χ0) is 14.3. The molecule has 20 heavy (non-hydrogen) atoms. The van der Waals surface area contributed by atoms with E-state index in [2.05, 4.69) is 48.5 Å². The minimum Gasteiger partial charge on any atom is -0.365 e. The molecular formula is C15H23N5. The van der Waals surface area contributed by atoms with Gasteiger partial charge in [-0.25, -0.2) is 4.98 Å². The lowest BCUT2D eigenvalue weighted by Gasteiger charge is -2.22. The SMILES string of the molecule is Cc1cc(NC(C)(C)C)n2nc(C3CCCN3)cc2n1. The summed E-state index contributed by atoms with van der Waals surface area (Å²) >= 11 is 0. The van der Waals surface area contributed by atoms with E-state index in [4.69, 9.17) is 5.10 Å². The summed E-state index contributed by atoms with van der Waals surface area (Å²) in [6.07, 6.45) is 2.38. The Hall–Kier alpha value is -1.62. The Bertz CT molecular complexity index is 617. The highest BCUT2D eigenvalue weighted by molar-refractivity contribution is 5.51. The monoisotopic (exact) mass is 273 g/mol. The van der Waals surface area contributed by atoms with Gasteiger partial charge in [-0.1, -0.05) is 0 Å². The first-order valence-corrected chi connectivity index (χ1v) is 7.31. The molecule has 3 heterocycles. The second-order valence-corrected chi connectivity index (χ2v) is 6.65. The predicted molar refractivity (Wildman–Crippen MR) is 81.1 cm³/mol. The normalized spacial score (nSPS) is 19.7. The van der Waals surface area contributed by atoms with Crippen LogP contribution in [0.2, 0.25) is 0 Å². The fourth-order valence-electron chi connectivity index (χ4n) is 2.70. The lowest BCUT2D eigenvalue weighted by atomic mass is 10.1. The van der Waals surface area contributed by atoms with E-state index in [1.807, 2.05) is 11.4 Å². The standard InChI is InChI=1S/C15H23N5/c1-10-8-14(18-15(2,3)4)20-13(17-10)9-12(19-20)11-6-5-7-16-11/h8-9,11,16,18H,5-7H2,1-4H3. The van der Waals surface area contributed by atoms with Crippen molar-refractivity contribution < 1.29 is 0 Å². The molecule has 1 atom stereocenters. The Balaban J connectivity index is 2.05. The third-order valence-electron chi connectivity index (χ3n) is 3.49. The van der Waals surface area contributed by atoms with Crippen LogP contribution in [0.1, 0.15) is 51.0 Å². The van der Waals surface area contributed by atoms with Crippen LogP contribution in [0, 0.1) is 6.92 Å². The summed E-state index contributed by atoms with van der Waals surface area (Å²) in [4.78, 5) is 4.59. The summed E-state index contributed by atoms with van der Waals surface area (Å²) in [5, 5.41) is 11.8. The molecule has 1 unspecified atom stereocenters. The van der Waals surface area contributed by atoms with Gasteiger partial charge in [0, 0.05) is 23.4 Å². The topological polar surface area (TPSA) is 54.2 Å². The van der Waals surface area contributed by atoms with Crippen molar-refractivity contribution in [3.63, 3.8) is 0 Å². The van der Waals surface area contributed by atoms with Gasteiger partial charge in [0.15, 0.2) is 5.65 Å². The largest absolute Gasteiger partial charge is 0.365 e. The average molecular weight is 273 g/mol. The van der Waals surface area contributed by atoms with Gasteiger partial charge < -0.3 is 10.6 Å². The van der Waals surface area contributed by atoms with E-state index in [9.17, 15) is 0 Å². The molecule has 1 aliphatic heterocycles. The molecule has 5 heteroatoms. The smallest absolute Gasteiger partial charge is 0.157 e. The molecule has 108 valence electrons. The zero-order valence-corrected chi connectivity index (χ0v) is 12.7. The molecule has 1 fully saturated rings. The van der Waals surface area contributed by atoms with Crippen LogP contribution in [0.4, 0.5) is 5.82 Å². The summed E-state index contributed by atoms with van der Waals surface area (Å²) in [7, 11) is 0. The highest BCUT2D eigenvalue weighted by atomic mass is 15.3. The van der Waals surface area contributed by atoms with Crippen molar-refractivity contribution in [2.75, 3.05) is 11.9 Å². The number of hydrogen-bond acceptors (Lipinski definition) is 4. The van der Waals surface area contributed by atoms with Crippen LogP contribution in [-0.4, -0.2) is 26.7 Å². The third-order valence-corrected chi connectivity index (χ3v) is 3.49. The second kappa shape index (κ2) is 4.74. The summed E-state index contributed by atoms with van der Waals surface area (Å²) in [5.74, 6) is 1.00. The number of aromatic nitrogens is 3. The molecule has 0 spiro atoms. The second-order valence-electron chi connectivity index (χ2n) is 6.65. The maximum atomic E-state index is 4.75. The van der Waals surface area contributed by atoms with Gasteiger partial charge in [-0.3, -0.25) is 0 Å². The molecule has 2 aromatic heterocycles. The van der Waals surface area contributed by atoms with E-state index in [1.54, 1.807) is 0 Å². The lowest BCUT2D eigenvalue weighted by Crippen LogP contribution is -2.27. The molecule has 2 aromatic rings. The van der Waals surface area contributed by atoms with Crippen LogP contribution in [0.5, 0.6) is 0 Å². The first-order valence-electron chi connectivity index (χ1n) is 7.31. The van der Waals surface area contributed by atoms with Crippen LogP contribution in [0.3, 0.4) is 0 Å². The first-order chi connectivity index (χ1) is 9.42. The van der Waals surface area contributed by atoms with Gasteiger partial charge in [0.25, 0.3) is 0 Å². The molecule has 0 aliphatic carbocycles. The van der Waals surface area contributed by atoms with Gasteiger partial charge in [-0.15, -0.1) is 0 Å². The quantitative estimate of drug-likeness (QED) is 0.883. The summed E-state index contributed by atoms with van der Waals surface area (Å²) < 4.78 is 1.92. The highest BCUT2D eigenvalue weighted by Crippen LogP contribution is 2.25. The van der Waals surface area contributed by atoms with E-state index in [1.165, 1.54) is 6.42 Å². The Morgan fingerprint density at radius 2 is 2.15 bits per heavy atom. The van der Waals surface area contributed by atoms with Gasteiger partial charge in [-0.2, -0.15) is 9.61 Å². The molecule has 0 radical (unpaired) electrons. The lowest BCUT2D eigenvalue weighted by molar-refractivity contribution is 0.610. The summed E-state index contributed by atoms with van der Waals surface area (Å²) in [6, 6.07) is 4.53. The van der Waals surface area contributed by atoms with Crippen molar-refractivity contribution >= 4 is 11.5 Å². The number of nitrogens with zero attached hydrogens (tertiary/aromatic N) is 3. The average Bonchev–Trinajstić information content (AvgIpc) is 2.92. The first kappa shape index (κ1) is 13.4. The predicted octanol–water partition coefficient (Wildman–Crippen LogP) is 2.67. The Labute approximate surface area is 119 Å². The van der Waals surface area contributed by atoms with E-state index in [0.717, 1.165) is 35.8 Å². The summed E-state index contributed by atoms with van der Waals surface area (Å²) in [6.45, 7) is 9.55. The third kappa shape index (κ3) is 2.63. The minimum atomic E-state index is -0.00154. The molecule has 0 saturated carbocycles. The number of fused-ring (bicyclic) bond motifs is 1. The zero-order valence-electron chi connectivity index (χ0n) is 12.7. The minimum absolute atomic E-state index is 0.00154. The fourth-order valence-corrected chi connectivity index (χ4v) is 2.70. The van der Waals surface area contributed by atoms with E-state index in [0.29, 0.717) is 6.04 Å². The van der Waals surface area contributed by atoms with Crippen molar-refractivity contribution in [1.29, 1.82) is 0 Å². The maximum Gasteiger partial charge on any atom is 0.157 e.